The van der Waals surface area contributed by atoms with E-state index in [0.29, 0.717) is 0 Å². The van der Waals surface area contributed by atoms with Crippen LogP contribution in [0.1, 0.15) is 5.56 Å². The third-order valence-electron chi connectivity index (χ3n) is 4.32. The van der Waals surface area contributed by atoms with E-state index in [1.165, 1.54) is 35.3 Å². The third kappa shape index (κ3) is 2.53. The van der Waals surface area contributed by atoms with Crippen LogP contribution in [-0.4, -0.2) is 28.9 Å². The number of carbonyl (C=O) groups is 2. The van der Waals surface area contributed by atoms with Gasteiger partial charge in [-0.3, -0.25) is 14.6 Å². The summed E-state index contributed by atoms with van der Waals surface area (Å²) in [7, 11) is 0. The van der Waals surface area contributed by atoms with Gasteiger partial charge in [0, 0.05) is 10.6 Å². The molecule has 6 nitrogen and oxygen atoms in total. The molecule has 2 aliphatic heterocycles. The molecule has 0 unspecified atom stereocenters. The monoisotopic (exact) mass is 376 g/mol. The lowest BCUT2D eigenvalue weighted by Crippen LogP contribution is -2.39. The van der Waals surface area contributed by atoms with Crippen LogP contribution in [0.15, 0.2) is 52.8 Å². The highest BCUT2D eigenvalue weighted by Gasteiger charge is 2.54. The summed E-state index contributed by atoms with van der Waals surface area (Å²) in [6.45, 7) is -0.105. The Morgan fingerprint density at radius 3 is 2.46 bits per heavy atom. The summed E-state index contributed by atoms with van der Waals surface area (Å²) in [6.07, 6.45) is 0. The highest BCUT2D eigenvalue weighted by atomic mass is 35.5. The molecule has 1 fully saturated rings. The molecular weight excluding hydrogens is 366 g/mol. The van der Waals surface area contributed by atoms with Crippen molar-refractivity contribution in [1.29, 1.82) is 0 Å². The normalized spacial score (nSPS) is 21.7. The van der Waals surface area contributed by atoms with Crippen LogP contribution in [0, 0.1) is 11.6 Å². The SMILES string of the molecule is O=C1[C@@H]2N=NN(Cc3c(F)cccc3Cl)[C@H]2C(=O)N1c1ccc(F)cc1. The Labute approximate surface area is 151 Å². The first-order valence-corrected chi connectivity index (χ1v) is 8.09. The van der Waals surface area contributed by atoms with Crippen LogP contribution in [-0.2, 0) is 16.1 Å². The van der Waals surface area contributed by atoms with Crippen LogP contribution in [0.5, 0.6) is 0 Å². The number of hydrogen-bond donors (Lipinski definition) is 0. The second-order valence-corrected chi connectivity index (χ2v) is 6.29. The van der Waals surface area contributed by atoms with Crippen molar-refractivity contribution < 1.29 is 18.4 Å². The topological polar surface area (TPSA) is 65.3 Å². The Balaban J connectivity index is 1.63. The van der Waals surface area contributed by atoms with Crippen molar-refractivity contribution in [2.24, 2.45) is 10.3 Å². The average molecular weight is 377 g/mol. The van der Waals surface area contributed by atoms with E-state index in [1.54, 1.807) is 0 Å². The van der Waals surface area contributed by atoms with Gasteiger partial charge in [0.2, 0.25) is 0 Å². The van der Waals surface area contributed by atoms with E-state index in [9.17, 15) is 18.4 Å². The van der Waals surface area contributed by atoms with Crippen LogP contribution in [0.4, 0.5) is 14.5 Å². The van der Waals surface area contributed by atoms with E-state index < -0.39 is 35.5 Å². The second-order valence-electron chi connectivity index (χ2n) is 5.88. The van der Waals surface area contributed by atoms with E-state index in [0.717, 1.165) is 17.0 Å². The predicted octanol–water partition coefficient (Wildman–Crippen LogP) is 3.11. The van der Waals surface area contributed by atoms with Crippen molar-refractivity contribution in [2.75, 3.05) is 4.90 Å². The number of fused-ring (bicyclic) bond motifs is 1. The molecule has 2 amide bonds. The van der Waals surface area contributed by atoms with Crippen molar-refractivity contribution in [3.8, 4) is 0 Å². The fourth-order valence-corrected chi connectivity index (χ4v) is 3.27. The van der Waals surface area contributed by atoms with Crippen LogP contribution < -0.4 is 4.90 Å². The zero-order chi connectivity index (χ0) is 18.4. The standard InChI is InChI=1S/C17H11ClF2N4O2/c18-12-2-1-3-13(20)11(12)8-23-15-14(21-22-23)16(25)24(17(15)26)10-6-4-9(19)5-7-10/h1-7,14-15H,8H2/t14-,15-/m1/s1. The van der Waals surface area contributed by atoms with Crippen LogP contribution in [0.3, 0.4) is 0 Å². The van der Waals surface area contributed by atoms with Gasteiger partial charge in [-0.05, 0) is 36.4 Å². The second kappa shape index (κ2) is 6.14. The van der Waals surface area contributed by atoms with Gasteiger partial charge in [-0.15, -0.1) is 0 Å². The van der Waals surface area contributed by atoms with E-state index in [-0.39, 0.29) is 22.8 Å². The maximum absolute atomic E-state index is 14.0. The quantitative estimate of drug-likeness (QED) is 0.773. The van der Waals surface area contributed by atoms with Crippen LogP contribution in [0.25, 0.3) is 0 Å². The number of anilines is 1. The number of carbonyl (C=O) groups excluding carboxylic acids is 2. The summed E-state index contributed by atoms with van der Waals surface area (Å²) in [5.41, 5.74) is 0.407. The lowest BCUT2D eigenvalue weighted by Gasteiger charge is -2.21. The summed E-state index contributed by atoms with van der Waals surface area (Å²) in [5, 5.41) is 9.14. The molecule has 0 N–H and O–H groups in total. The molecule has 0 saturated carbocycles. The first-order valence-electron chi connectivity index (χ1n) is 7.71. The molecule has 9 heteroatoms. The van der Waals surface area contributed by atoms with E-state index in [1.807, 2.05) is 0 Å². The lowest BCUT2D eigenvalue weighted by molar-refractivity contribution is -0.123. The largest absolute Gasteiger partial charge is 0.271 e. The minimum Gasteiger partial charge on any atom is -0.271 e. The molecule has 2 atom stereocenters. The van der Waals surface area contributed by atoms with Crippen molar-refractivity contribution in [3.05, 3.63) is 64.7 Å². The Morgan fingerprint density at radius 1 is 1.04 bits per heavy atom. The van der Waals surface area contributed by atoms with Gasteiger partial charge in [0.25, 0.3) is 11.8 Å². The van der Waals surface area contributed by atoms with Gasteiger partial charge in [-0.1, -0.05) is 22.9 Å². The predicted molar refractivity (Wildman–Crippen MR) is 88.3 cm³/mol. The molecule has 132 valence electrons. The molecule has 2 aliphatic rings. The number of amides is 2. The van der Waals surface area contributed by atoms with E-state index in [4.69, 9.17) is 11.6 Å². The summed E-state index contributed by atoms with van der Waals surface area (Å²) in [5.74, 6) is -2.13. The fourth-order valence-electron chi connectivity index (χ4n) is 3.04. The molecule has 0 aliphatic carbocycles. The number of imide groups is 1. The van der Waals surface area contributed by atoms with Crippen molar-refractivity contribution in [3.63, 3.8) is 0 Å². The van der Waals surface area contributed by atoms with Gasteiger partial charge in [0.05, 0.1) is 12.2 Å². The fraction of sp³-hybridized carbons (Fsp3) is 0.176. The summed E-state index contributed by atoms with van der Waals surface area (Å²) in [6, 6.07) is 7.22. The van der Waals surface area contributed by atoms with Crippen molar-refractivity contribution in [2.45, 2.75) is 18.6 Å². The molecule has 0 bridgehead atoms. The maximum Gasteiger partial charge on any atom is 0.263 e. The Hall–Kier alpha value is -2.87. The average Bonchev–Trinajstić information content (AvgIpc) is 3.13. The highest BCUT2D eigenvalue weighted by molar-refractivity contribution is 6.31. The molecule has 26 heavy (non-hydrogen) atoms. The molecule has 2 aromatic carbocycles. The van der Waals surface area contributed by atoms with Gasteiger partial charge in [-0.25, -0.2) is 13.7 Å². The van der Waals surface area contributed by atoms with Gasteiger partial charge >= 0.3 is 0 Å². The summed E-state index contributed by atoms with van der Waals surface area (Å²) in [4.78, 5) is 26.3. The van der Waals surface area contributed by atoms with Crippen molar-refractivity contribution in [1.82, 2.24) is 5.01 Å². The maximum atomic E-state index is 14.0. The molecule has 0 spiro atoms. The van der Waals surface area contributed by atoms with E-state index >= 15 is 0 Å². The van der Waals surface area contributed by atoms with Gasteiger partial charge < -0.3 is 0 Å². The zero-order valence-corrected chi connectivity index (χ0v) is 13.9. The summed E-state index contributed by atoms with van der Waals surface area (Å²) < 4.78 is 27.1. The van der Waals surface area contributed by atoms with Crippen molar-refractivity contribution >= 4 is 29.1 Å². The zero-order valence-electron chi connectivity index (χ0n) is 13.1. The van der Waals surface area contributed by atoms with Crippen LogP contribution >= 0.6 is 11.6 Å². The van der Waals surface area contributed by atoms with Gasteiger partial charge in [0.1, 0.15) is 11.6 Å². The minimum absolute atomic E-state index is 0.105. The number of hydrogen-bond acceptors (Lipinski definition) is 5. The minimum atomic E-state index is -1.02. The molecule has 0 radical (unpaired) electrons. The number of rotatable bonds is 3. The Bertz CT molecular complexity index is 915. The highest BCUT2D eigenvalue weighted by Crippen LogP contribution is 2.34. The Kier molecular flexibility index (Phi) is 3.91. The molecule has 2 heterocycles. The first kappa shape index (κ1) is 16.6. The molecule has 0 aromatic heterocycles. The van der Waals surface area contributed by atoms with Gasteiger partial charge in [0.15, 0.2) is 12.1 Å². The van der Waals surface area contributed by atoms with Gasteiger partial charge in [-0.2, -0.15) is 5.11 Å². The molecule has 4 rings (SSSR count). The smallest absolute Gasteiger partial charge is 0.263 e. The summed E-state index contributed by atoms with van der Waals surface area (Å²) >= 11 is 6.02. The Morgan fingerprint density at radius 2 is 1.77 bits per heavy atom. The number of benzene rings is 2. The number of halogens is 3. The lowest BCUT2D eigenvalue weighted by atomic mass is 10.1. The van der Waals surface area contributed by atoms with E-state index in [2.05, 4.69) is 10.3 Å². The molecular formula is C17H11ClF2N4O2. The first-order chi connectivity index (χ1) is 12.5. The third-order valence-corrected chi connectivity index (χ3v) is 4.68. The molecule has 2 aromatic rings. The van der Waals surface area contributed by atoms with Crippen LogP contribution in [0.2, 0.25) is 5.02 Å². The number of nitrogens with zero attached hydrogens (tertiary/aromatic N) is 4. The molecule has 1 saturated heterocycles.